The lowest BCUT2D eigenvalue weighted by atomic mass is 10.2. The van der Waals surface area contributed by atoms with Crippen molar-refractivity contribution >= 4 is 31.6 Å². The molecule has 2 aromatic rings. The Balaban J connectivity index is 1.90. The summed E-state index contributed by atoms with van der Waals surface area (Å²) < 4.78 is 57.5. The molecule has 0 saturated carbocycles. The second-order valence-corrected chi connectivity index (χ2v) is 9.13. The van der Waals surface area contributed by atoms with E-state index in [1.54, 1.807) is 25.1 Å². The van der Waals surface area contributed by atoms with Gasteiger partial charge in [0.25, 0.3) is 0 Å². The molecule has 1 heterocycles. The Labute approximate surface area is 146 Å². The van der Waals surface area contributed by atoms with Gasteiger partial charge in [-0.05, 0) is 36.8 Å². The van der Waals surface area contributed by atoms with E-state index < -0.39 is 25.8 Å². The van der Waals surface area contributed by atoms with Crippen molar-refractivity contribution in [3.05, 3.63) is 52.9 Å². The lowest BCUT2D eigenvalue weighted by Crippen LogP contribution is -2.34. The number of hydrogen-bond donors (Lipinski definition) is 2. The molecule has 0 spiro atoms. The third-order valence-electron chi connectivity index (χ3n) is 3.16. The molecule has 0 aliphatic rings. The average molecular weight is 393 g/mol. The molecule has 7 nitrogen and oxygen atoms in total. The second-order valence-electron chi connectivity index (χ2n) is 5.03. The van der Waals surface area contributed by atoms with Crippen LogP contribution in [0, 0.1) is 6.92 Å². The van der Waals surface area contributed by atoms with Crippen LogP contribution in [0.25, 0.3) is 0 Å². The molecule has 24 heavy (non-hydrogen) atoms. The molecule has 0 aliphatic heterocycles. The lowest BCUT2D eigenvalue weighted by molar-refractivity contribution is 0.498. The number of hydrogen-bond acceptors (Lipinski definition) is 5. The van der Waals surface area contributed by atoms with Gasteiger partial charge in [-0.3, -0.25) is 0 Å². The molecule has 0 atom stereocenters. The number of nitrogens with one attached hydrogen (secondary N) is 2. The minimum absolute atomic E-state index is 0.00958. The molecule has 0 saturated heterocycles. The van der Waals surface area contributed by atoms with Crippen LogP contribution in [0.4, 0.5) is 0 Å². The Morgan fingerprint density at radius 3 is 2.50 bits per heavy atom. The van der Waals surface area contributed by atoms with E-state index >= 15 is 0 Å². The van der Waals surface area contributed by atoms with Crippen molar-refractivity contribution in [3.63, 3.8) is 0 Å². The first-order valence-electron chi connectivity index (χ1n) is 6.95. The van der Waals surface area contributed by atoms with E-state index in [0.29, 0.717) is 10.8 Å². The van der Waals surface area contributed by atoms with Crippen LogP contribution in [-0.2, 0) is 26.6 Å². The van der Waals surface area contributed by atoms with Crippen molar-refractivity contribution in [2.45, 2.75) is 18.4 Å². The minimum Gasteiger partial charge on any atom is -0.468 e. The zero-order valence-electron chi connectivity index (χ0n) is 12.8. The lowest BCUT2D eigenvalue weighted by Gasteiger charge is -2.09. The Bertz CT molecular complexity index is 893. The maximum absolute atomic E-state index is 12.1. The van der Waals surface area contributed by atoms with Crippen molar-refractivity contribution in [2.24, 2.45) is 0 Å². The molecule has 0 radical (unpaired) electrons. The smallest absolute Gasteiger partial charge is 0.240 e. The maximum atomic E-state index is 12.1. The summed E-state index contributed by atoms with van der Waals surface area (Å²) in [5, 5.41) is 0.325. The van der Waals surface area contributed by atoms with Gasteiger partial charge in [0.15, 0.2) is 0 Å². The summed E-state index contributed by atoms with van der Waals surface area (Å²) in [7, 11) is -7.47. The molecule has 2 N–H and O–H groups in total. The van der Waals surface area contributed by atoms with Gasteiger partial charge in [0.2, 0.25) is 20.0 Å². The van der Waals surface area contributed by atoms with Crippen molar-refractivity contribution in [2.75, 3.05) is 12.3 Å². The Morgan fingerprint density at radius 2 is 1.88 bits per heavy atom. The van der Waals surface area contributed by atoms with Gasteiger partial charge < -0.3 is 4.42 Å². The molecular formula is C14H17ClN2O5S2. The highest BCUT2D eigenvalue weighted by Crippen LogP contribution is 2.19. The Kier molecular flexibility index (Phi) is 6.05. The summed E-state index contributed by atoms with van der Waals surface area (Å²) in [5.41, 5.74) is 0.750. The van der Waals surface area contributed by atoms with E-state index in [0.717, 1.165) is 5.56 Å². The molecule has 0 aliphatic carbocycles. The summed E-state index contributed by atoms with van der Waals surface area (Å²) in [6, 6.07) is 7.59. The third kappa shape index (κ3) is 5.32. The average Bonchev–Trinajstić information content (AvgIpc) is 3.01. The molecule has 132 valence electrons. The number of sulfonamides is 2. The van der Waals surface area contributed by atoms with Crippen LogP contribution in [0.5, 0.6) is 0 Å². The van der Waals surface area contributed by atoms with Gasteiger partial charge in [0.1, 0.15) is 5.76 Å². The fraction of sp³-hybridized carbons (Fsp3) is 0.286. The van der Waals surface area contributed by atoms with Crippen LogP contribution < -0.4 is 9.44 Å². The first kappa shape index (κ1) is 18.9. The first-order valence-corrected chi connectivity index (χ1v) is 10.5. The summed E-state index contributed by atoms with van der Waals surface area (Å²) in [5.74, 6) is 0.0699. The number of benzene rings is 1. The van der Waals surface area contributed by atoms with Gasteiger partial charge >= 0.3 is 0 Å². The zero-order valence-corrected chi connectivity index (χ0v) is 15.2. The van der Waals surface area contributed by atoms with Crippen LogP contribution in [0.1, 0.15) is 11.3 Å². The van der Waals surface area contributed by atoms with E-state index in [1.807, 2.05) is 0 Å². The van der Waals surface area contributed by atoms with Gasteiger partial charge in [-0.1, -0.05) is 17.7 Å². The van der Waals surface area contributed by atoms with E-state index in [9.17, 15) is 16.8 Å². The third-order valence-corrected chi connectivity index (χ3v) is 6.35. The number of halogens is 1. The maximum Gasteiger partial charge on any atom is 0.240 e. The largest absolute Gasteiger partial charge is 0.468 e. The van der Waals surface area contributed by atoms with Gasteiger partial charge in [-0.15, -0.1) is 0 Å². The SMILES string of the molecule is Cc1ccc(S(=O)(=O)NCCS(=O)(=O)NCc2ccco2)cc1Cl. The minimum atomic E-state index is -3.83. The standard InChI is InChI=1S/C14H17ClN2O5S2/c1-11-4-5-13(9-14(11)15)24(20,21)16-6-8-23(18,19)17-10-12-3-2-7-22-12/h2-5,7,9,16-17H,6,8,10H2,1H3. The van der Waals surface area contributed by atoms with Gasteiger partial charge in [0, 0.05) is 11.6 Å². The van der Waals surface area contributed by atoms with Crippen LogP contribution in [0.3, 0.4) is 0 Å². The second kappa shape index (κ2) is 7.66. The van der Waals surface area contributed by atoms with Gasteiger partial charge in [-0.2, -0.15) is 0 Å². The molecule has 0 bridgehead atoms. The summed E-state index contributed by atoms with van der Waals surface area (Å²) in [4.78, 5) is -0.0148. The van der Waals surface area contributed by atoms with Crippen molar-refractivity contribution in [1.82, 2.24) is 9.44 Å². The molecule has 1 aromatic heterocycles. The molecular weight excluding hydrogens is 376 g/mol. The van der Waals surface area contributed by atoms with Crippen LogP contribution in [0.2, 0.25) is 5.02 Å². The van der Waals surface area contributed by atoms with E-state index in [2.05, 4.69) is 9.44 Å². The quantitative estimate of drug-likeness (QED) is 0.710. The van der Waals surface area contributed by atoms with Crippen molar-refractivity contribution in [3.8, 4) is 0 Å². The highest BCUT2D eigenvalue weighted by molar-refractivity contribution is 7.90. The van der Waals surface area contributed by atoms with Gasteiger partial charge in [-0.25, -0.2) is 26.3 Å². The van der Waals surface area contributed by atoms with Gasteiger partial charge in [0.05, 0.1) is 23.5 Å². The highest BCUT2D eigenvalue weighted by Gasteiger charge is 2.17. The van der Waals surface area contributed by atoms with Crippen molar-refractivity contribution in [1.29, 1.82) is 0 Å². The predicted molar refractivity (Wildman–Crippen MR) is 90.7 cm³/mol. The van der Waals surface area contributed by atoms with E-state index in [-0.39, 0.29) is 18.0 Å². The fourth-order valence-electron chi connectivity index (χ4n) is 1.80. The molecule has 2 rings (SSSR count). The van der Waals surface area contributed by atoms with Crippen LogP contribution in [-0.4, -0.2) is 29.1 Å². The van der Waals surface area contributed by atoms with E-state index in [1.165, 1.54) is 18.4 Å². The summed E-state index contributed by atoms with van der Waals surface area (Å²) >= 11 is 5.91. The van der Waals surface area contributed by atoms with Crippen LogP contribution in [0.15, 0.2) is 45.9 Å². The molecule has 0 fully saturated rings. The molecule has 0 unspecified atom stereocenters. The van der Waals surface area contributed by atoms with Crippen molar-refractivity contribution < 1.29 is 21.3 Å². The molecule has 0 amide bonds. The summed E-state index contributed by atoms with van der Waals surface area (Å²) in [6.45, 7) is 1.50. The summed E-state index contributed by atoms with van der Waals surface area (Å²) in [6.07, 6.45) is 1.43. The number of aryl methyl sites for hydroxylation is 1. The fourth-order valence-corrected chi connectivity index (χ4v) is 4.11. The zero-order chi connectivity index (χ0) is 17.8. The Morgan fingerprint density at radius 1 is 1.12 bits per heavy atom. The molecule has 1 aromatic carbocycles. The van der Waals surface area contributed by atoms with E-state index in [4.69, 9.17) is 16.0 Å². The number of furan rings is 1. The topological polar surface area (TPSA) is 105 Å². The number of rotatable bonds is 8. The Hall–Kier alpha value is -1.39. The predicted octanol–water partition coefficient (Wildman–Crippen LogP) is 1.64. The van der Waals surface area contributed by atoms with Crippen LogP contribution >= 0.6 is 11.6 Å². The molecule has 10 heteroatoms. The highest BCUT2D eigenvalue weighted by atomic mass is 35.5. The normalized spacial score (nSPS) is 12.4. The monoisotopic (exact) mass is 392 g/mol. The first-order chi connectivity index (χ1) is 11.2.